The van der Waals surface area contributed by atoms with E-state index in [9.17, 15) is 0 Å². The summed E-state index contributed by atoms with van der Waals surface area (Å²) in [6.45, 7) is 5.60. The fraction of sp³-hybridized carbons (Fsp3) is 0.579. The van der Waals surface area contributed by atoms with Gasteiger partial charge in [-0.3, -0.25) is 4.99 Å². The van der Waals surface area contributed by atoms with Crippen LogP contribution in [0.3, 0.4) is 0 Å². The Morgan fingerprint density at radius 3 is 2.92 bits per heavy atom. The molecule has 1 aliphatic rings. The van der Waals surface area contributed by atoms with Gasteiger partial charge < -0.3 is 19.4 Å². The average Bonchev–Trinajstić information content (AvgIpc) is 3.06. The van der Waals surface area contributed by atoms with E-state index >= 15 is 0 Å². The molecule has 2 aromatic heterocycles. The van der Waals surface area contributed by atoms with Gasteiger partial charge in [0.15, 0.2) is 5.96 Å². The van der Waals surface area contributed by atoms with E-state index in [1.807, 2.05) is 19.2 Å². The highest BCUT2D eigenvalue weighted by atomic mass is 16.5. The maximum atomic E-state index is 5.44. The Morgan fingerprint density at radius 1 is 1.40 bits per heavy atom. The SMILES string of the molecule is CN=C(NCc1cn2c(C)cccc2n1)N(C)CCC1CCOCC1. The molecular formula is C19H29N5O. The molecule has 2 aromatic rings. The van der Waals surface area contributed by atoms with Crippen molar-refractivity contribution in [3.8, 4) is 0 Å². The van der Waals surface area contributed by atoms with Gasteiger partial charge in [0, 0.05) is 45.7 Å². The molecule has 136 valence electrons. The number of hydrogen-bond donors (Lipinski definition) is 1. The predicted octanol–water partition coefficient (Wildman–Crippen LogP) is 2.47. The molecule has 1 aliphatic heterocycles. The number of guanidine groups is 1. The first-order valence-corrected chi connectivity index (χ1v) is 9.10. The van der Waals surface area contributed by atoms with Crippen molar-refractivity contribution in [2.45, 2.75) is 32.7 Å². The zero-order chi connectivity index (χ0) is 17.6. The fourth-order valence-electron chi connectivity index (χ4n) is 3.36. The highest BCUT2D eigenvalue weighted by Gasteiger charge is 2.15. The molecule has 0 atom stereocenters. The molecule has 0 spiro atoms. The number of pyridine rings is 1. The topological polar surface area (TPSA) is 54.2 Å². The second-order valence-corrected chi connectivity index (χ2v) is 6.79. The summed E-state index contributed by atoms with van der Waals surface area (Å²) in [4.78, 5) is 11.3. The zero-order valence-electron chi connectivity index (χ0n) is 15.5. The van der Waals surface area contributed by atoms with Crippen LogP contribution < -0.4 is 5.32 Å². The van der Waals surface area contributed by atoms with Gasteiger partial charge in [0.1, 0.15) is 5.65 Å². The summed E-state index contributed by atoms with van der Waals surface area (Å²) in [5.74, 6) is 1.69. The highest BCUT2D eigenvalue weighted by Crippen LogP contribution is 2.18. The van der Waals surface area contributed by atoms with Gasteiger partial charge in [-0.1, -0.05) is 6.07 Å². The van der Waals surface area contributed by atoms with E-state index in [0.717, 1.165) is 43.0 Å². The number of aliphatic imine (C=N–C) groups is 1. The molecule has 0 amide bonds. The van der Waals surface area contributed by atoms with Crippen molar-refractivity contribution in [3.63, 3.8) is 0 Å². The number of nitrogens with one attached hydrogen (secondary N) is 1. The van der Waals surface area contributed by atoms with Gasteiger partial charge in [-0.15, -0.1) is 0 Å². The number of hydrogen-bond acceptors (Lipinski definition) is 3. The van der Waals surface area contributed by atoms with E-state index in [1.165, 1.54) is 25.0 Å². The van der Waals surface area contributed by atoms with E-state index < -0.39 is 0 Å². The van der Waals surface area contributed by atoms with Crippen molar-refractivity contribution >= 4 is 11.6 Å². The van der Waals surface area contributed by atoms with Crippen molar-refractivity contribution in [2.75, 3.05) is 33.9 Å². The molecule has 0 saturated carbocycles. The monoisotopic (exact) mass is 343 g/mol. The van der Waals surface area contributed by atoms with Gasteiger partial charge in [-0.25, -0.2) is 4.98 Å². The van der Waals surface area contributed by atoms with Crippen molar-refractivity contribution in [1.82, 2.24) is 19.6 Å². The second kappa shape index (κ2) is 8.34. The van der Waals surface area contributed by atoms with Crippen LogP contribution in [-0.4, -0.2) is 54.1 Å². The summed E-state index contributed by atoms with van der Waals surface area (Å²) in [6, 6.07) is 6.16. The number of nitrogens with zero attached hydrogens (tertiary/aromatic N) is 4. The lowest BCUT2D eigenvalue weighted by Crippen LogP contribution is -2.39. The molecule has 1 saturated heterocycles. The molecule has 1 N–H and O–H groups in total. The molecule has 0 aromatic carbocycles. The minimum absolute atomic E-state index is 0.676. The number of aromatic nitrogens is 2. The number of fused-ring (bicyclic) bond motifs is 1. The van der Waals surface area contributed by atoms with Gasteiger partial charge >= 0.3 is 0 Å². The number of ether oxygens (including phenoxy) is 1. The number of aryl methyl sites for hydroxylation is 1. The molecule has 0 radical (unpaired) electrons. The second-order valence-electron chi connectivity index (χ2n) is 6.79. The maximum absolute atomic E-state index is 5.44. The minimum Gasteiger partial charge on any atom is -0.381 e. The van der Waals surface area contributed by atoms with Crippen LogP contribution in [0.2, 0.25) is 0 Å². The Kier molecular flexibility index (Phi) is 5.91. The van der Waals surface area contributed by atoms with Crippen LogP contribution in [0.5, 0.6) is 0 Å². The maximum Gasteiger partial charge on any atom is 0.193 e. The van der Waals surface area contributed by atoms with Gasteiger partial charge in [-0.05, 0) is 44.2 Å². The number of rotatable bonds is 5. The normalized spacial score (nSPS) is 16.4. The standard InChI is InChI=1S/C19H29N5O/c1-15-5-4-6-18-22-17(14-24(15)18)13-21-19(20-2)23(3)10-7-16-8-11-25-12-9-16/h4-6,14,16H,7-13H2,1-3H3,(H,20,21). The Morgan fingerprint density at radius 2 is 2.20 bits per heavy atom. The molecule has 25 heavy (non-hydrogen) atoms. The third kappa shape index (κ3) is 4.51. The van der Waals surface area contributed by atoms with Gasteiger partial charge in [0.25, 0.3) is 0 Å². The fourth-order valence-corrected chi connectivity index (χ4v) is 3.36. The van der Waals surface area contributed by atoms with E-state index in [2.05, 4.69) is 50.8 Å². The predicted molar refractivity (Wildman–Crippen MR) is 101 cm³/mol. The van der Waals surface area contributed by atoms with Gasteiger partial charge in [-0.2, -0.15) is 0 Å². The molecule has 6 nitrogen and oxygen atoms in total. The smallest absolute Gasteiger partial charge is 0.193 e. The van der Waals surface area contributed by atoms with Crippen LogP contribution in [-0.2, 0) is 11.3 Å². The first kappa shape index (κ1) is 17.7. The lowest BCUT2D eigenvalue weighted by atomic mass is 9.96. The van der Waals surface area contributed by atoms with Crippen molar-refractivity contribution < 1.29 is 4.74 Å². The summed E-state index contributed by atoms with van der Waals surface area (Å²) in [5.41, 5.74) is 3.20. The van der Waals surface area contributed by atoms with E-state index in [-0.39, 0.29) is 0 Å². The van der Waals surface area contributed by atoms with Crippen LogP contribution in [0, 0.1) is 12.8 Å². The molecule has 1 fully saturated rings. The molecule has 3 rings (SSSR count). The van der Waals surface area contributed by atoms with Crippen LogP contribution in [0.15, 0.2) is 29.4 Å². The van der Waals surface area contributed by atoms with Crippen LogP contribution in [0.1, 0.15) is 30.7 Å². The first-order chi connectivity index (χ1) is 12.2. The van der Waals surface area contributed by atoms with E-state index in [0.29, 0.717) is 6.54 Å². The van der Waals surface area contributed by atoms with Gasteiger partial charge in [0.2, 0.25) is 0 Å². The summed E-state index contributed by atoms with van der Waals surface area (Å²) < 4.78 is 7.56. The van der Waals surface area contributed by atoms with Gasteiger partial charge in [0.05, 0.1) is 12.2 Å². The Labute approximate surface area is 149 Å². The Bertz CT molecular complexity index is 718. The summed E-state index contributed by atoms with van der Waals surface area (Å²) in [6.07, 6.45) is 5.64. The molecule has 0 aliphatic carbocycles. The molecule has 0 unspecified atom stereocenters. The zero-order valence-corrected chi connectivity index (χ0v) is 15.5. The van der Waals surface area contributed by atoms with Crippen molar-refractivity contribution in [2.24, 2.45) is 10.9 Å². The summed E-state index contributed by atoms with van der Waals surface area (Å²) in [7, 11) is 3.93. The van der Waals surface area contributed by atoms with Crippen LogP contribution in [0.4, 0.5) is 0 Å². The van der Waals surface area contributed by atoms with E-state index in [1.54, 1.807) is 0 Å². The van der Waals surface area contributed by atoms with E-state index in [4.69, 9.17) is 4.74 Å². The number of imidazole rings is 1. The molecule has 0 bridgehead atoms. The molecule has 3 heterocycles. The molecular weight excluding hydrogens is 314 g/mol. The summed E-state index contributed by atoms with van der Waals surface area (Å²) >= 11 is 0. The third-order valence-electron chi connectivity index (χ3n) is 4.96. The highest BCUT2D eigenvalue weighted by molar-refractivity contribution is 5.79. The van der Waals surface area contributed by atoms with Crippen LogP contribution >= 0.6 is 0 Å². The van der Waals surface area contributed by atoms with Crippen LogP contribution in [0.25, 0.3) is 5.65 Å². The average molecular weight is 343 g/mol. The molecule has 6 heteroatoms. The Balaban J connectivity index is 1.53. The largest absolute Gasteiger partial charge is 0.381 e. The third-order valence-corrected chi connectivity index (χ3v) is 4.96. The Hall–Kier alpha value is -2.08. The first-order valence-electron chi connectivity index (χ1n) is 9.10. The lowest BCUT2D eigenvalue weighted by molar-refractivity contribution is 0.0625. The summed E-state index contributed by atoms with van der Waals surface area (Å²) in [5, 5.41) is 3.43. The quantitative estimate of drug-likeness (QED) is 0.669. The van der Waals surface area contributed by atoms with Crippen molar-refractivity contribution in [1.29, 1.82) is 0 Å². The minimum atomic E-state index is 0.676. The lowest BCUT2D eigenvalue weighted by Gasteiger charge is -2.26. The van der Waals surface area contributed by atoms with Crippen molar-refractivity contribution in [3.05, 3.63) is 35.8 Å².